The van der Waals surface area contributed by atoms with E-state index in [0.717, 1.165) is 13.1 Å². The summed E-state index contributed by atoms with van der Waals surface area (Å²) in [5.74, 6) is 0. The van der Waals surface area contributed by atoms with Crippen LogP contribution in [-0.4, -0.2) is 25.0 Å². The normalized spacial score (nSPS) is 11.4. The zero-order valence-corrected chi connectivity index (χ0v) is 16.6. The minimum Gasteiger partial charge on any atom is -0.305 e. The van der Waals surface area contributed by atoms with Crippen molar-refractivity contribution in [2.75, 3.05) is 20.1 Å². The number of nitriles is 1. The van der Waals surface area contributed by atoms with Crippen LogP contribution in [0.4, 0.5) is 0 Å². The second-order valence-electron chi connectivity index (χ2n) is 7.15. The smallest absolute Gasteiger partial charge is 0.0635 e. The molecule has 0 aromatic carbocycles. The highest BCUT2D eigenvalue weighted by molar-refractivity contribution is 4.81. The SMILES string of the molecule is CCCCCCCC/C=C\CCCCCCCCN(C)CCC#N. The van der Waals surface area contributed by atoms with E-state index in [0.29, 0.717) is 6.42 Å². The van der Waals surface area contributed by atoms with E-state index < -0.39 is 0 Å². The summed E-state index contributed by atoms with van der Waals surface area (Å²) in [4.78, 5) is 2.28. The molecule has 0 bridgehead atoms. The van der Waals surface area contributed by atoms with E-state index >= 15 is 0 Å². The van der Waals surface area contributed by atoms with Gasteiger partial charge in [-0.15, -0.1) is 0 Å². The van der Waals surface area contributed by atoms with Gasteiger partial charge in [-0.2, -0.15) is 5.26 Å². The van der Waals surface area contributed by atoms with E-state index in [1.54, 1.807) is 0 Å². The Morgan fingerprint density at radius 2 is 1.21 bits per heavy atom. The van der Waals surface area contributed by atoms with Crippen molar-refractivity contribution < 1.29 is 0 Å². The summed E-state index contributed by atoms with van der Waals surface area (Å²) in [5, 5.41) is 8.55. The first-order valence-electron chi connectivity index (χ1n) is 10.5. The van der Waals surface area contributed by atoms with Gasteiger partial charge in [0, 0.05) is 13.0 Å². The Balaban J connectivity index is 3.14. The Hall–Kier alpha value is -0.810. The number of rotatable bonds is 18. The average molecular weight is 335 g/mol. The lowest BCUT2D eigenvalue weighted by Gasteiger charge is -2.14. The molecule has 0 radical (unpaired) electrons. The molecule has 0 saturated heterocycles. The molecule has 0 unspecified atom stereocenters. The number of unbranched alkanes of at least 4 members (excludes halogenated alkanes) is 12. The van der Waals surface area contributed by atoms with Gasteiger partial charge >= 0.3 is 0 Å². The number of allylic oxidation sites excluding steroid dienone is 2. The van der Waals surface area contributed by atoms with Crippen molar-refractivity contribution in [2.24, 2.45) is 0 Å². The molecule has 0 fully saturated rings. The summed E-state index contributed by atoms with van der Waals surface area (Å²) in [5.41, 5.74) is 0. The molecule has 0 rings (SSSR count). The molecule has 0 N–H and O–H groups in total. The van der Waals surface area contributed by atoms with Crippen molar-refractivity contribution in [3.8, 4) is 6.07 Å². The van der Waals surface area contributed by atoms with Gasteiger partial charge in [0.1, 0.15) is 0 Å². The van der Waals surface area contributed by atoms with Crippen LogP contribution in [0.3, 0.4) is 0 Å². The largest absolute Gasteiger partial charge is 0.305 e. The molecule has 0 atom stereocenters. The Morgan fingerprint density at radius 1 is 0.708 bits per heavy atom. The highest BCUT2D eigenvalue weighted by Gasteiger charge is 1.97. The predicted molar refractivity (Wildman–Crippen MR) is 107 cm³/mol. The van der Waals surface area contributed by atoms with Crippen LogP contribution >= 0.6 is 0 Å². The minimum atomic E-state index is 0.656. The van der Waals surface area contributed by atoms with Crippen molar-refractivity contribution >= 4 is 0 Å². The molecule has 0 aromatic rings. The maximum atomic E-state index is 8.55. The van der Waals surface area contributed by atoms with Gasteiger partial charge in [0.2, 0.25) is 0 Å². The van der Waals surface area contributed by atoms with E-state index in [1.165, 1.54) is 89.9 Å². The standard InChI is InChI=1S/C22H42N2/c1-3-4-5-6-7-8-9-10-11-12-13-14-15-16-17-18-21-24(2)22-19-20-23/h10-11H,3-9,12-19,21-22H2,1-2H3/b11-10-. The van der Waals surface area contributed by atoms with Gasteiger partial charge < -0.3 is 4.90 Å². The van der Waals surface area contributed by atoms with E-state index in [1.807, 2.05) is 0 Å². The minimum absolute atomic E-state index is 0.656. The fraction of sp³-hybridized carbons (Fsp3) is 0.864. The van der Waals surface area contributed by atoms with Crippen molar-refractivity contribution in [2.45, 2.75) is 103 Å². The second kappa shape index (κ2) is 20.2. The summed E-state index contributed by atoms with van der Waals surface area (Å²) in [6.45, 7) is 4.34. The molecule has 0 aliphatic heterocycles. The van der Waals surface area contributed by atoms with Gasteiger partial charge in [0.25, 0.3) is 0 Å². The van der Waals surface area contributed by atoms with Crippen molar-refractivity contribution in [3.63, 3.8) is 0 Å². The van der Waals surface area contributed by atoms with Crippen LogP contribution in [-0.2, 0) is 0 Å². The highest BCUT2D eigenvalue weighted by atomic mass is 15.1. The van der Waals surface area contributed by atoms with Gasteiger partial charge in [-0.05, 0) is 45.7 Å². The molecule has 2 nitrogen and oxygen atoms in total. The Bertz CT molecular complexity index is 304. The van der Waals surface area contributed by atoms with Crippen LogP contribution in [0.25, 0.3) is 0 Å². The molecule has 24 heavy (non-hydrogen) atoms. The molecule has 0 aromatic heterocycles. The summed E-state index contributed by atoms with van der Waals surface area (Å²) < 4.78 is 0. The zero-order valence-electron chi connectivity index (χ0n) is 16.6. The van der Waals surface area contributed by atoms with Gasteiger partial charge in [0.15, 0.2) is 0 Å². The summed E-state index contributed by atoms with van der Waals surface area (Å²) in [6.07, 6.45) is 24.5. The van der Waals surface area contributed by atoms with Crippen molar-refractivity contribution in [1.82, 2.24) is 4.90 Å². The lowest BCUT2D eigenvalue weighted by atomic mass is 10.1. The first-order chi connectivity index (χ1) is 11.8. The van der Waals surface area contributed by atoms with Crippen LogP contribution in [0.2, 0.25) is 0 Å². The molecule has 0 amide bonds. The maximum absolute atomic E-state index is 8.55. The van der Waals surface area contributed by atoms with E-state index in [9.17, 15) is 0 Å². The molecule has 140 valence electrons. The second-order valence-corrected chi connectivity index (χ2v) is 7.15. The molecule has 0 aliphatic rings. The zero-order chi connectivity index (χ0) is 17.7. The molecule has 2 heteroatoms. The Kier molecular flexibility index (Phi) is 19.6. The number of hydrogen-bond acceptors (Lipinski definition) is 2. The van der Waals surface area contributed by atoms with Gasteiger partial charge in [0.05, 0.1) is 6.07 Å². The van der Waals surface area contributed by atoms with Crippen LogP contribution in [0.1, 0.15) is 103 Å². The molecule has 0 aliphatic carbocycles. The van der Waals surface area contributed by atoms with E-state index in [-0.39, 0.29) is 0 Å². The molecule has 0 saturated carbocycles. The fourth-order valence-electron chi connectivity index (χ4n) is 2.98. The summed E-state index contributed by atoms with van der Waals surface area (Å²) in [6, 6.07) is 2.21. The van der Waals surface area contributed by atoms with Crippen LogP contribution in [0.15, 0.2) is 12.2 Å². The third-order valence-electron chi connectivity index (χ3n) is 4.66. The Labute approximate surface area is 152 Å². The first kappa shape index (κ1) is 23.2. The molecular formula is C22H42N2. The molecule has 0 spiro atoms. The lowest BCUT2D eigenvalue weighted by molar-refractivity contribution is 0.331. The van der Waals surface area contributed by atoms with Crippen LogP contribution < -0.4 is 0 Å². The van der Waals surface area contributed by atoms with E-state index in [2.05, 4.69) is 37.1 Å². The summed E-state index contributed by atoms with van der Waals surface area (Å²) in [7, 11) is 2.12. The summed E-state index contributed by atoms with van der Waals surface area (Å²) >= 11 is 0. The average Bonchev–Trinajstić information content (AvgIpc) is 2.59. The van der Waals surface area contributed by atoms with Crippen LogP contribution in [0.5, 0.6) is 0 Å². The Morgan fingerprint density at radius 3 is 1.75 bits per heavy atom. The number of nitrogens with zero attached hydrogens (tertiary/aromatic N) is 2. The van der Waals surface area contributed by atoms with Crippen LogP contribution in [0, 0.1) is 11.3 Å². The van der Waals surface area contributed by atoms with Crippen molar-refractivity contribution in [3.05, 3.63) is 12.2 Å². The first-order valence-corrected chi connectivity index (χ1v) is 10.5. The topological polar surface area (TPSA) is 27.0 Å². The van der Waals surface area contributed by atoms with Crippen molar-refractivity contribution in [1.29, 1.82) is 5.26 Å². The molecule has 0 heterocycles. The third kappa shape index (κ3) is 19.2. The van der Waals surface area contributed by atoms with Gasteiger partial charge in [-0.1, -0.05) is 76.9 Å². The lowest BCUT2D eigenvalue weighted by Crippen LogP contribution is -2.20. The highest BCUT2D eigenvalue weighted by Crippen LogP contribution is 2.10. The van der Waals surface area contributed by atoms with E-state index in [4.69, 9.17) is 5.26 Å². The van der Waals surface area contributed by atoms with Gasteiger partial charge in [-0.25, -0.2) is 0 Å². The third-order valence-corrected chi connectivity index (χ3v) is 4.66. The fourth-order valence-corrected chi connectivity index (χ4v) is 2.98. The number of hydrogen-bond donors (Lipinski definition) is 0. The maximum Gasteiger partial charge on any atom is 0.0635 e. The monoisotopic (exact) mass is 334 g/mol. The molecular weight excluding hydrogens is 292 g/mol. The quantitative estimate of drug-likeness (QED) is 0.202. The van der Waals surface area contributed by atoms with Gasteiger partial charge in [-0.3, -0.25) is 0 Å². The predicted octanol–water partition coefficient (Wildman–Crippen LogP) is 6.87.